The van der Waals surface area contributed by atoms with Crippen molar-refractivity contribution in [3.8, 4) is 0 Å². The number of carbonyl (C=O) groups is 1. The molecule has 0 aliphatic heterocycles. The van der Waals surface area contributed by atoms with Gasteiger partial charge in [-0.1, -0.05) is 13.8 Å². The van der Waals surface area contributed by atoms with Gasteiger partial charge in [0.2, 0.25) is 0 Å². The van der Waals surface area contributed by atoms with Crippen molar-refractivity contribution in [1.82, 2.24) is 10.2 Å². The minimum atomic E-state index is -1.05. The highest BCUT2D eigenvalue weighted by molar-refractivity contribution is 5.85. The molecule has 5 heteroatoms. The largest absolute Gasteiger partial charge is 0.476 e. The fourth-order valence-corrected chi connectivity index (χ4v) is 2.28. The van der Waals surface area contributed by atoms with Crippen molar-refractivity contribution in [2.45, 2.75) is 32.7 Å². The molecule has 2 rings (SSSR count). The van der Waals surface area contributed by atoms with Gasteiger partial charge in [-0.05, 0) is 36.8 Å². The minimum Gasteiger partial charge on any atom is -0.476 e. The Morgan fingerprint density at radius 2 is 2.12 bits per heavy atom. The predicted molar refractivity (Wildman–Crippen MR) is 64.0 cm³/mol. The molecule has 0 bridgehead atoms. The van der Waals surface area contributed by atoms with Gasteiger partial charge in [0.15, 0.2) is 5.69 Å². The van der Waals surface area contributed by atoms with E-state index in [2.05, 4.69) is 29.4 Å². The van der Waals surface area contributed by atoms with Crippen LogP contribution in [-0.2, 0) is 0 Å². The van der Waals surface area contributed by atoms with Crippen LogP contribution in [-0.4, -0.2) is 27.3 Å². The van der Waals surface area contributed by atoms with Crippen molar-refractivity contribution in [2.24, 2.45) is 11.8 Å². The SMILES string of the molecule is CC1CCC(Nc2ccc(C(=O)O)nn2)C1C. The smallest absolute Gasteiger partial charge is 0.356 e. The maximum absolute atomic E-state index is 10.6. The Morgan fingerprint density at radius 3 is 2.59 bits per heavy atom. The predicted octanol–water partition coefficient (Wildman–Crippen LogP) is 2.02. The molecule has 17 heavy (non-hydrogen) atoms. The van der Waals surface area contributed by atoms with Gasteiger partial charge in [0, 0.05) is 6.04 Å². The van der Waals surface area contributed by atoms with Crippen LogP contribution in [0.3, 0.4) is 0 Å². The second-order valence-corrected chi connectivity index (χ2v) is 4.77. The summed E-state index contributed by atoms with van der Waals surface area (Å²) in [6.45, 7) is 4.49. The lowest BCUT2D eigenvalue weighted by molar-refractivity contribution is 0.0689. The molecule has 3 atom stereocenters. The number of hydrogen-bond acceptors (Lipinski definition) is 4. The maximum Gasteiger partial charge on any atom is 0.356 e. The average Bonchev–Trinajstić information content (AvgIpc) is 2.62. The molecule has 1 aliphatic rings. The fourth-order valence-electron chi connectivity index (χ4n) is 2.28. The van der Waals surface area contributed by atoms with Gasteiger partial charge in [-0.3, -0.25) is 0 Å². The van der Waals surface area contributed by atoms with E-state index in [-0.39, 0.29) is 5.69 Å². The Balaban J connectivity index is 2.02. The van der Waals surface area contributed by atoms with Crippen LogP contribution in [0.1, 0.15) is 37.2 Å². The summed E-state index contributed by atoms with van der Waals surface area (Å²) in [5, 5.41) is 19.6. The van der Waals surface area contributed by atoms with E-state index in [1.165, 1.54) is 12.5 Å². The molecule has 0 amide bonds. The minimum absolute atomic E-state index is 0.0246. The number of rotatable bonds is 3. The molecule has 2 N–H and O–H groups in total. The molecule has 1 fully saturated rings. The van der Waals surface area contributed by atoms with Crippen LogP contribution in [0.2, 0.25) is 0 Å². The summed E-state index contributed by atoms with van der Waals surface area (Å²) >= 11 is 0. The Kier molecular flexibility index (Phi) is 3.26. The van der Waals surface area contributed by atoms with E-state index in [0.717, 1.165) is 12.3 Å². The van der Waals surface area contributed by atoms with E-state index in [4.69, 9.17) is 5.11 Å². The van der Waals surface area contributed by atoms with E-state index in [1.54, 1.807) is 6.07 Å². The third-order valence-electron chi connectivity index (χ3n) is 3.68. The second-order valence-electron chi connectivity index (χ2n) is 4.77. The molecule has 92 valence electrons. The van der Waals surface area contributed by atoms with E-state index in [0.29, 0.717) is 17.8 Å². The van der Waals surface area contributed by atoms with E-state index in [9.17, 15) is 4.79 Å². The van der Waals surface area contributed by atoms with Gasteiger partial charge >= 0.3 is 5.97 Å². The summed E-state index contributed by atoms with van der Waals surface area (Å²) < 4.78 is 0. The molecule has 0 spiro atoms. The highest BCUT2D eigenvalue weighted by Gasteiger charge is 2.29. The zero-order valence-electron chi connectivity index (χ0n) is 10.1. The van der Waals surface area contributed by atoms with Gasteiger partial charge in [0.05, 0.1) is 0 Å². The van der Waals surface area contributed by atoms with E-state index < -0.39 is 5.97 Å². The average molecular weight is 235 g/mol. The number of aromatic carboxylic acids is 1. The van der Waals surface area contributed by atoms with Gasteiger partial charge in [-0.25, -0.2) is 4.79 Å². The normalized spacial score (nSPS) is 28.0. The number of aromatic nitrogens is 2. The maximum atomic E-state index is 10.6. The van der Waals surface area contributed by atoms with Crippen LogP contribution in [0.25, 0.3) is 0 Å². The van der Waals surface area contributed by atoms with Crippen molar-refractivity contribution < 1.29 is 9.90 Å². The molecule has 0 saturated heterocycles. The first kappa shape index (κ1) is 11.8. The summed E-state index contributed by atoms with van der Waals surface area (Å²) in [6.07, 6.45) is 2.35. The number of carboxylic acids is 1. The standard InChI is InChI=1S/C12H17N3O2/c1-7-3-4-9(8(7)2)13-11-6-5-10(12(16)17)14-15-11/h5-9H,3-4H2,1-2H3,(H,13,15)(H,16,17). The molecule has 0 radical (unpaired) electrons. The van der Waals surface area contributed by atoms with Crippen molar-refractivity contribution in [2.75, 3.05) is 5.32 Å². The highest BCUT2D eigenvalue weighted by atomic mass is 16.4. The van der Waals surface area contributed by atoms with Crippen LogP contribution in [0.5, 0.6) is 0 Å². The van der Waals surface area contributed by atoms with Gasteiger partial charge in [-0.15, -0.1) is 10.2 Å². The van der Waals surface area contributed by atoms with Crippen LogP contribution < -0.4 is 5.32 Å². The first-order valence-corrected chi connectivity index (χ1v) is 5.91. The zero-order chi connectivity index (χ0) is 12.4. The molecule has 1 aromatic heterocycles. The Hall–Kier alpha value is -1.65. The Labute approximate surface area is 100 Å². The number of carboxylic acid groups (broad SMARTS) is 1. The molecular weight excluding hydrogens is 218 g/mol. The van der Waals surface area contributed by atoms with Crippen molar-refractivity contribution in [3.05, 3.63) is 17.8 Å². The molecule has 5 nitrogen and oxygen atoms in total. The summed E-state index contributed by atoms with van der Waals surface area (Å²) in [7, 11) is 0. The summed E-state index contributed by atoms with van der Waals surface area (Å²) in [5.74, 6) is 0.933. The lowest BCUT2D eigenvalue weighted by atomic mass is 9.98. The second kappa shape index (κ2) is 4.69. The molecular formula is C12H17N3O2. The lowest BCUT2D eigenvalue weighted by Gasteiger charge is -2.19. The topological polar surface area (TPSA) is 75.1 Å². The molecule has 3 unspecified atom stereocenters. The summed E-state index contributed by atoms with van der Waals surface area (Å²) in [4.78, 5) is 10.6. The van der Waals surface area contributed by atoms with Crippen LogP contribution in [0.4, 0.5) is 5.82 Å². The van der Waals surface area contributed by atoms with Crippen LogP contribution in [0.15, 0.2) is 12.1 Å². The molecule has 0 aromatic carbocycles. The van der Waals surface area contributed by atoms with Gasteiger partial charge < -0.3 is 10.4 Å². The number of anilines is 1. The first-order chi connectivity index (χ1) is 8.08. The third-order valence-corrected chi connectivity index (χ3v) is 3.68. The summed E-state index contributed by atoms with van der Waals surface area (Å²) in [6, 6.07) is 3.56. The molecule has 1 heterocycles. The van der Waals surface area contributed by atoms with Crippen LogP contribution in [0, 0.1) is 11.8 Å². The summed E-state index contributed by atoms with van der Waals surface area (Å²) in [5.41, 5.74) is -0.0246. The van der Waals surface area contributed by atoms with E-state index in [1.807, 2.05) is 0 Å². The van der Waals surface area contributed by atoms with Crippen molar-refractivity contribution >= 4 is 11.8 Å². The number of nitrogens with one attached hydrogen (secondary N) is 1. The van der Waals surface area contributed by atoms with Gasteiger partial charge in [0.1, 0.15) is 5.82 Å². The molecule has 1 aromatic rings. The highest BCUT2D eigenvalue weighted by Crippen LogP contribution is 2.32. The molecule has 1 saturated carbocycles. The molecule has 1 aliphatic carbocycles. The quantitative estimate of drug-likeness (QED) is 0.838. The fraction of sp³-hybridized carbons (Fsp3) is 0.583. The lowest BCUT2D eigenvalue weighted by Crippen LogP contribution is -2.24. The monoisotopic (exact) mass is 235 g/mol. The Morgan fingerprint density at radius 1 is 1.35 bits per heavy atom. The third kappa shape index (κ3) is 2.54. The Bertz CT molecular complexity index is 405. The van der Waals surface area contributed by atoms with E-state index >= 15 is 0 Å². The van der Waals surface area contributed by atoms with Gasteiger partial charge in [0.25, 0.3) is 0 Å². The number of nitrogens with zero attached hydrogens (tertiary/aromatic N) is 2. The van der Waals surface area contributed by atoms with Crippen LogP contribution >= 0.6 is 0 Å². The van der Waals surface area contributed by atoms with Gasteiger partial charge in [-0.2, -0.15) is 0 Å². The number of hydrogen-bond donors (Lipinski definition) is 2. The zero-order valence-corrected chi connectivity index (χ0v) is 10.1. The van der Waals surface area contributed by atoms with Crippen molar-refractivity contribution in [3.63, 3.8) is 0 Å². The van der Waals surface area contributed by atoms with Crippen molar-refractivity contribution in [1.29, 1.82) is 0 Å². The first-order valence-electron chi connectivity index (χ1n) is 5.91.